The minimum absolute atomic E-state index is 0.00573. The molecular formula is C56H68ClN7O9S. The highest BCUT2D eigenvalue weighted by Crippen LogP contribution is 2.41. The van der Waals surface area contributed by atoms with E-state index >= 15 is 0 Å². The Labute approximate surface area is 442 Å². The van der Waals surface area contributed by atoms with E-state index in [1.165, 1.54) is 4.90 Å². The number of likely N-dealkylation sites (tertiary alicyclic amines) is 1. The fourth-order valence-corrected chi connectivity index (χ4v) is 10.3. The maximum Gasteiger partial charge on any atom is 0.251 e. The van der Waals surface area contributed by atoms with E-state index in [-0.39, 0.29) is 88.5 Å². The monoisotopic (exact) mass is 1050 g/mol. The first-order valence-electron chi connectivity index (χ1n) is 25.0. The van der Waals surface area contributed by atoms with Gasteiger partial charge < -0.3 is 50.4 Å². The normalized spacial score (nSPS) is 18.3. The Morgan fingerprint density at radius 1 is 0.838 bits per heavy atom. The number of nitrogens with one attached hydrogen (secondary N) is 4. The van der Waals surface area contributed by atoms with Crippen molar-refractivity contribution in [1.82, 2.24) is 25.8 Å². The lowest BCUT2D eigenvalue weighted by atomic mass is 9.85. The number of aliphatic hydroxyl groups is 1. The van der Waals surface area contributed by atoms with E-state index in [9.17, 15) is 29.1 Å². The smallest absolute Gasteiger partial charge is 0.251 e. The number of fused-ring (bicyclic) bond motifs is 1. The number of anilines is 2. The minimum Gasteiger partial charge on any atom is -0.391 e. The molecule has 2 aliphatic heterocycles. The Hall–Kier alpha value is -6.21. The number of aromatic nitrogens is 1. The number of halogens is 1. The van der Waals surface area contributed by atoms with Gasteiger partial charge in [-0.25, -0.2) is 4.98 Å². The average molecular weight is 1050 g/mol. The molecule has 0 aliphatic carbocycles. The van der Waals surface area contributed by atoms with Gasteiger partial charge in [-0.2, -0.15) is 0 Å². The number of aryl methyl sites for hydroxylation is 1. The summed E-state index contributed by atoms with van der Waals surface area (Å²) in [5.41, 5.74) is 9.21. The van der Waals surface area contributed by atoms with E-state index in [1.54, 1.807) is 30.4 Å². The van der Waals surface area contributed by atoms with Gasteiger partial charge in [-0.1, -0.05) is 74.8 Å². The molecule has 4 aromatic carbocycles. The molecular weight excluding hydrogens is 982 g/mol. The molecule has 7 rings (SSSR count). The third-order valence-electron chi connectivity index (χ3n) is 13.3. The van der Waals surface area contributed by atoms with Crippen LogP contribution in [-0.4, -0.2) is 121 Å². The second kappa shape index (κ2) is 25.3. The minimum atomic E-state index is -0.991. The fraction of sp³-hybridized carbons (Fsp3) is 0.429. The second-order valence-corrected chi connectivity index (χ2v) is 21.2. The number of benzene rings is 4. The van der Waals surface area contributed by atoms with E-state index in [0.29, 0.717) is 17.1 Å². The number of ether oxygens (including phenoxy) is 3. The molecule has 3 heterocycles. The summed E-state index contributed by atoms with van der Waals surface area (Å²) in [7, 11) is 0. The Balaban J connectivity index is 0.785. The second-order valence-electron chi connectivity index (χ2n) is 19.9. The van der Waals surface area contributed by atoms with E-state index in [1.807, 2.05) is 118 Å². The Bertz CT molecular complexity index is 2730. The van der Waals surface area contributed by atoms with Gasteiger partial charge in [-0.05, 0) is 109 Å². The van der Waals surface area contributed by atoms with Crippen LogP contribution in [0.3, 0.4) is 0 Å². The Kier molecular flexibility index (Phi) is 19.0. The summed E-state index contributed by atoms with van der Waals surface area (Å²) in [5, 5.41) is 23.6. The van der Waals surface area contributed by atoms with Crippen LogP contribution in [0.1, 0.15) is 93.6 Å². The molecule has 5 aromatic rings. The van der Waals surface area contributed by atoms with Crippen molar-refractivity contribution in [1.29, 1.82) is 0 Å². The number of rotatable bonds is 21. The maximum atomic E-state index is 14.0. The van der Waals surface area contributed by atoms with Crippen LogP contribution in [-0.2, 0) is 33.4 Å². The number of thiazole rings is 1. The predicted molar refractivity (Wildman–Crippen MR) is 288 cm³/mol. The standard InChI is InChI=1S/C56H68ClN7O9S/c1-34-28-47(61-44-19-17-43(57)18-20-44)46-29-42(16-21-48(46)64(34)37(4)65)39-10-14-41(15-11-39)53(68)58-22-23-71-24-25-72-26-27-73-32-50(67)62-52(56(5,6)7)55(70)63-31-45(66)30-49(63)54(69)60-35(2)38-8-12-40(13-9-38)51-36(3)59-33-74-51/h8-21,29,33-35,45,47,49,52,61,66H,22-28,30-32H2,1-7H3,(H,58,68)(H,60,69)(H,62,67)/t34-,35-,45+,47+,49-,52+/m0/s1. The highest BCUT2D eigenvalue weighted by atomic mass is 35.5. The van der Waals surface area contributed by atoms with Crippen LogP contribution in [0.15, 0.2) is 96.5 Å². The third-order valence-corrected chi connectivity index (χ3v) is 14.5. The Morgan fingerprint density at radius 3 is 2.14 bits per heavy atom. The number of carbonyl (C=O) groups is 5. The number of hydrogen-bond donors (Lipinski definition) is 5. The summed E-state index contributed by atoms with van der Waals surface area (Å²) in [5.74, 6) is -1.59. The van der Waals surface area contributed by atoms with E-state index in [2.05, 4.69) is 39.2 Å². The highest BCUT2D eigenvalue weighted by Gasteiger charge is 2.45. The number of hydrogen-bond acceptors (Lipinski definition) is 12. The molecule has 1 fully saturated rings. The first kappa shape index (κ1) is 55.5. The van der Waals surface area contributed by atoms with E-state index < -0.39 is 35.4 Å². The van der Waals surface area contributed by atoms with Crippen LogP contribution in [0.4, 0.5) is 11.4 Å². The number of aliphatic hydroxyl groups excluding tert-OH is 1. The van der Waals surface area contributed by atoms with Crippen molar-refractivity contribution in [2.45, 2.75) is 97.6 Å². The number of β-amino-alcohol motifs (C(OH)–C–C–N with tert-alkyl or cyclic N) is 1. The molecule has 0 unspecified atom stereocenters. The lowest BCUT2D eigenvalue weighted by Gasteiger charge is -2.39. The number of carbonyl (C=O) groups excluding carboxylic acids is 5. The van der Waals surface area contributed by atoms with Crippen molar-refractivity contribution >= 4 is 63.8 Å². The van der Waals surface area contributed by atoms with Gasteiger partial charge in [0.15, 0.2) is 0 Å². The van der Waals surface area contributed by atoms with Crippen molar-refractivity contribution in [2.75, 3.05) is 62.9 Å². The largest absolute Gasteiger partial charge is 0.391 e. The summed E-state index contributed by atoms with van der Waals surface area (Å²) in [6.07, 6.45) is -0.0887. The predicted octanol–water partition coefficient (Wildman–Crippen LogP) is 7.89. The lowest BCUT2D eigenvalue weighted by molar-refractivity contribution is -0.144. The molecule has 0 spiro atoms. The summed E-state index contributed by atoms with van der Waals surface area (Å²) in [6, 6.07) is 26.7. The van der Waals surface area contributed by atoms with Crippen molar-refractivity contribution in [2.24, 2.45) is 5.41 Å². The maximum absolute atomic E-state index is 14.0. The summed E-state index contributed by atoms with van der Waals surface area (Å²) in [6.45, 7) is 14.0. The van der Waals surface area contributed by atoms with Crippen LogP contribution in [0.25, 0.3) is 21.6 Å². The molecule has 0 bridgehead atoms. The van der Waals surface area contributed by atoms with Crippen LogP contribution in [0.5, 0.6) is 0 Å². The van der Waals surface area contributed by atoms with Gasteiger partial charge in [0.25, 0.3) is 5.91 Å². The van der Waals surface area contributed by atoms with Gasteiger partial charge in [0.2, 0.25) is 23.6 Å². The first-order valence-corrected chi connectivity index (χ1v) is 26.3. The molecule has 18 heteroatoms. The molecule has 1 saturated heterocycles. The molecule has 5 N–H and O–H groups in total. The van der Waals surface area contributed by atoms with Gasteiger partial charge in [-0.3, -0.25) is 24.0 Å². The summed E-state index contributed by atoms with van der Waals surface area (Å²) in [4.78, 5) is 75.0. The van der Waals surface area contributed by atoms with Crippen LogP contribution >= 0.6 is 22.9 Å². The summed E-state index contributed by atoms with van der Waals surface area (Å²) < 4.78 is 16.8. The van der Waals surface area contributed by atoms with Gasteiger partial charge >= 0.3 is 0 Å². The highest BCUT2D eigenvalue weighted by molar-refractivity contribution is 7.13. The lowest BCUT2D eigenvalue weighted by Crippen LogP contribution is -2.58. The van der Waals surface area contributed by atoms with Crippen molar-refractivity contribution in [3.63, 3.8) is 0 Å². The van der Waals surface area contributed by atoms with Crippen molar-refractivity contribution in [3.8, 4) is 21.6 Å². The molecule has 0 saturated carbocycles. The van der Waals surface area contributed by atoms with E-state index in [0.717, 1.165) is 56.2 Å². The average Bonchev–Trinajstić information content (AvgIpc) is 3.99. The molecule has 6 atom stereocenters. The zero-order chi connectivity index (χ0) is 53.1. The van der Waals surface area contributed by atoms with Crippen LogP contribution < -0.4 is 26.2 Å². The molecule has 2 aliphatic rings. The van der Waals surface area contributed by atoms with Gasteiger partial charge in [0.1, 0.15) is 18.7 Å². The van der Waals surface area contributed by atoms with Gasteiger partial charge in [0.05, 0.1) is 67.3 Å². The molecule has 394 valence electrons. The molecule has 16 nitrogen and oxygen atoms in total. The van der Waals surface area contributed by atoms with Crippen molar-refractivity contribution in [3.05, 3.63) is 124 Å². The molecule has 5 amide bonds. The Morgan fingerprint density at radius 2 is 1.49 bits per heavy atom. The SMILES string of the molecule is CC(=O)N1c2ccc(-c3ccc(C(=O)NCCOCCOCCOCC(=O)N[C@H](C(=O)N4C[C@H](O)C[C@H]4C(=O)N[C@@H](C)c4ccc(-c5scnc5C)cc4)C(C)(C)C)cc3)cc2[C@H](Nc2ccc(Cl)cc2)C[C@@H]1C. The molecule has 0 radical (unpaired) electrons. The number of nitrogens with zero attached hydrogens (tertiary/aromatic N) is 3. The van der Waals surface area contributed by atoms with E-state index in [4.69, 9.17) is 25.8 Å². The van der Waals surface area contributed by atoms with Gasteiger partial charge in [-0.15, -0.1) is 11.3 Å². The molecule has 1 aromatic heterocycles. The summed E-state index contributed by atoms with van der Waals surface area (Å²) >= 11 is 7.70. The van der Waals surface area contributed by atoms with Crippen LogP contribution in [0.2, 0.25) is 5.02 Å². The quantitative estimate of drug-likeness (QED) is 0.0448. The molecule has 74 heavy (non-hydrogen) atoms. The van der Waals surface area contributed by atoms with Gasteiger partial charge in [0, 0.05) is 54.4 Å². The van der Waals surface area contributed by atoms with Crippen LogP contribution in [0, 0.1) is 12.3 Å². The van der Waals surface area contributed by atoms with Crippen molar-refractivity contribution < 1.29 is 43.3 Å². The topological polar surface area (TPSA) is 201 Å². The number of amides is 5. The zero-order valence-electron chi connectivity index (χ0n) is 43.1. The fourth-order valence-electron chi connectivity index (χ4n) is 9.38. The third kappa shape index (κ3) is 14.3. The zero-order valence-corrected chi connectivity index (χ0v) is 44.7. The first-order chi connectivity index (χ1) is 35.4.